The van der Waals surface area contributed by atoms with E-state index in [-0.39, 0.29) is 68.2 Å². The van der Waals surface area contributed by atoms with Gasteiger partial charge in [-0.2, -0.15) is 0 Å². The van der Waals surface area contributed by atoms with E-state index >= 15 is 17.6 Å². The second kappa shape index (κ2) is 19.9. The molecule has 0 aromatic heterocycles. The zero-order valence-electron chi connectivity index (χ0n) is 36.4. The average molecular weight is 891 g/mol. The summed E-state index contributed by atoms with van der Waals surface area (Å²) in [6, 6.07) is 18.5. The number of allylic oxidation sites excluding steroid dienone is 8. The summed E-state index contributed by atoms with van der Waals surface area (Å²) in [5, 5.41) is 6.17. The molecule has 4 nitrogen and oxygen atoms in total. The van der Waals surface area contributed by atoms with Gasteiger partial charge in [-0.15, -0.1) is 0 Å². The van der Waals surface area contributed by atoms with Crippen LogP contribution in [0.2, 0.25) is 0 Å². The third-order valence-corrected chi connectivity index (χ3v) is 22.1. The van der Waals surface area contributed by atoms with Crippen molar-refractivity contribution in [1.29, 1.82) is 0 Å². The van der Waals surface area contributed by atoms with E-state index in [1.165, 1.54) is 37.1 Å². The average Bonchev–Trinajstić information content (AvgIpc) is 4.07. The Morgan fingerprint density at radius 2 is 0.968 bits per heavy atom. The van der Waals surface area contributed by atoms with Crippen molar-refractivity contribution in [1.82, 2.24) is 10.6 Å². The van der Waals surface area contributed by atoms with Gasteiger partial charge in [0, 0.05) is 0 Å². The van der Waals surface area contributed by atoms with Crippen LogP contribution in [-0.4, -0.2) is 11.8 Å². The summed E-state index contributed by atoms with van der Waals surface area (Å²) < 4.78 is 71.0. The molecule has 2 atom stereocenters. The SMILES string of the molecule is CCC(NC(=O)c1ccccc1C1CCCCC1)c1ccc(F)[c]([Ti]([C]2=CC=CC2)([C]2=CC=CC2)[c]2c(F)ccc(C(CC)NC(=O)c3ccccc3C3CCCCC3)c2F)c1F. The standard InChI is InChI=1S/2C22H24F2NO.2C5H5.Ti/c2*1-2-21(19-13-12-16(23)14-20(19)24)25-22(26)18-11-7-6-10-17(18)15-8-4-3-5-9-15;2*1-2-4-5-3-1;/h2*6-7,10-13,15,21H,2-5,8-9H2,1H3,(H,25,26);2*1-3H,4H2;. The number of rotatable bonds is 14. The Morgan fingerprint density at radius 1 is 0.571 bits per heavy atom. The first kappa shape index (κ1) is 44.8. The summed E-state index contributed by atoms with van der Waals surface area (Å²) >= 11 is -5.27. The van der Waals surface area contributed by atoms with Gasteiger partial charge in [0.2, 0.25) is 0 Å². The number of carbonyl (C=O) groups is 2. The van der Waals surface area contributed by atoms with Crippen LogP contribution < -0.4 is 18.4 Å². The van der Waals surface area contributed by atoms with Crippen molar-refractivity contribution in [2.24, 2.45) is 0 Å². The van der Waals surface area contributed by atoms with Crippen LogP contribution in [0.25, 0.3) is 0 Å². The fourth-order valence-electron chi connectivity index (χ4n) is 11.0. The van der Waals surface area contributed by atoms with Crippen molar-refractivity contribution in [2.45, 2.75) is 128 Å². The zero-order valence-corrected chi connectivity index (χ0v) is 38.0. The van der Waals surface area contributed by atoms with Gasteiger partial charge in [0.15, 0.2) is 0 Å². The van der Waals surface area contributed by atoms with Crippen LogP contribution in [0, 0.1) is 23.3 Å². The van der Waals surface area contributed by atoms with Gasteiger partial charge in [0.25, 0.3) is 0 Å². The second-order valence-electron chi connectivity index (χ2n) is 17.8. The van der Waals surface area contributed by atoms with E-state index in [0.717, 1.165) is 62.5 Å². The molecule has 2 saturated carbocycles. The Balaban J connectivity index is 1.23. The maximum absolute atomic E-state index is 18.1. The monoisotopic (exact) mass is 890 g/mol. The van der Waals surface area contributed by atoms with Crippen molar-refractivity contribution < 1.29 is 43.7 Å². The fourth-order valence-corrected chi connectivity index (χ4v) is 19.3. The molecule has 0 radical (unpaired) electrons. The Bertz CT molecular complexity index is 2310. The molecule has 2 fully saturated rings. The molecule has 0 spiro atoms. The summed E-state index contributed by atoms with van der Waals surface area (Å²) in [5.74, 6) is -3.74. The first-order chi connectivity index (χ1) is 30.7. The number of amides is 2. The molecule has 0 heterocycles. The third kappa shape index (κ3) is 8.75. The van der Waals surface area contributed by atoms with Gasteiger partial charge in [0.05, 0.1) is 0 Å². The molecule has 0 saturated heterocycles. The van der Waals surface area contributed by atoms with Crippen LogP contribution in [0.4, 0.5) is 17.6 Å². The molecule has 9 heteroatoms. The van der Waals surface area contributed by atoms with E-state index < -0.39 is 51.9 Å². The Labute approximate surface area is 373 Å². The van der Waals surface area contributed by atoms with Crippen LogP contribution in [0.15, 0.2) is 117 Å². The van der Waals surface area contributed by atoms with E-state index in [1.54, 1.807) is 36.4 Å². The molecule has 4 aromatic rings. The summed E-state index contributed by atoms with van der Waals surface area (Å²) in [5.41, 5.74) is 3.16. The second-order valence-corrected chi connectivity index (χ2v) is 23.7. The maximum atomic E-state index is 18.1. The van der Waals surface area contributed by atoms with Gasteiger partial charge in [-0.25, -0.2) is 0 Å². The first-order valence-corrected chi connectivity index (χ1v) is 26.3. The summed E-state index contributed by atoms with van der Waals surface area (Å²) in [4.78, 5) is 28.4. The van der Waals surface area contributed by atoms with Gasteiger partial charge in [-0.05, 0) is 0 Å². The minimum absolute atomic E-state index is 0.0674. The quantitative estimate of drug-likeness (QED) is 0.0979. The molecule has 8 rings (SSSR count). The molecule has 2 unspecified atom stereocenters. The number of hydrogen-bond donors (Lipinski definition) is 2. The first-order valence-electron chi connectivity index (χ1n) is 23.2. The third-order valence-electron chi connectivity index (χ3n) is 14.2. The van der Waals surface area contributed by atoms with Crippen molar-refractivity contribution in [2.75, 3.05) is 0 Å². The molecule has 4 aliphatic rings. The summed E-state index contributed by atoms with van der Waals surface area (Å²) in [6.45, 7) is 3.66. The van der Waals surface area contributed by atoms with Gasteiger partial charge in [0.1, 0.15) is 0 Å². The Kier molecular flexibility index (Phi) is 14.2. The van der Waals surface area contributed by atoms with E-state index in [0.29, 0.717) is 18.9 Å². The number of benzene rings is 4. The molecule has 2 N–H and O–H groups in total. The van der Waals surface area contributed by atoms with Crippen LogP contribution in [0.1, 0.15) is 171 Å². The topological polar surface area (TPSA) is 58.2 Å². The van der Waals surface area contributed by atoms with E-state index in [9.17, 15) is 9.59 Å². The number of carbonyl (C=O) groups excluding carboxylic acids is 2. The molecule has 2 amide bonds. The molecule has 63 heavy (non-hydrogen) atoms. The minimum atomic E-state index is -5.27. The van der Waals surface area contributed by atoms with E-state index in [2.05, 4.69) is 10.6 Å². The van der Waals surface area contributed by atoms with Crippen molar-refractivity contribution in [3.8, 4) is 0 Å². The molecule has 0 bridgehead atoms. The van der Waals surface area contributed by atoms with Gasteiger partial charge in [-0.3, -0.25) is 0 Å². The van der Waals surface area contributed by atoms with Gasteiger partial charge >= 0.3 is 375 Å². The Morgan fingerprint density at radius 3 is 1.33 bits per heavy atom. The van der Waals surface area contributed by atoms with Gasteiger partial charge < -0.3 is 0 Å². The predicted molar refractivity (Wildman–Crippen MR) is 241 cm³/mol. The molecule has 0 aliphatic heterocycles. The normalized spacial score (nSPS) is 17.9. The summed E-state index contributed by atoms with van der Waals surface area (Å²) in [6.07, 6.45) is 22.7. The number of halogens is 4. The van der Waals surface area contributed by atoms with Crippen molar-refractivity contribution >= 4 is 19.6 Å². The van der Waals surface area contributed by atoms with Crippen molar-refractivity contribution in [3.05, 3.63) is 174 Å². The van der Waals surface area contributed by atoms with E-state index in [4.69, 9.17) is 0 Å². The molecular weight excluding hydrogens is 832 g/mol. The molecule has 4 aromatic carbocycles. The predicted octanol–water partition coefficient (Wildman–Crippen LogP) is 12.9. The Hall–Kier alpha value is -4.79. The van der Waals surface area contributed by atoms with Crippen molar-refractivity contribution in [3.63, 3.8) is 0 Å². The van der Waals surface area contributed by atoms with E-state index in [1.807, 2.05) is 62.4 Å². The number of hydrogen-bond acceptors (Lipinski definition) is 2. The number of nitrogens with one attached hydrogen (secondary N) is 2. The molecular formula is C54H58F4N2O2Ti. The van der Waals surface area contributed by atoms with Gasteiger partial charge in [-0.1, -0.05) is 0 Å². The zero-order chi connectivity index (χ0) is 44.1. The van der Waals surface area contributed by atoms with Crippen LogP contribution >= 0.6 is 0 Å². The summed E-state index contributed by atoms with van der Waals surface area (Å²) in [7, 11) is 0. The van der Waals surface area contributed by atoms with Crippen LogP contribution in [0.5, 0.6) is 0 Å². The fraction of sp³-hybridized carbons (Fsp3) is 0.370. The molecule has 328 valence electrons. The van der Waals surface area contributed by atoms with Crippen LogP contribution in [0.3, 0.4) is 0 Å². The van der Waals surface area contributed by atoms with Crippen LogP contribution in [-0.2, 0) is 16.6 Å². The molecule has 4 aliphatic carbocycles.